The molecule has 2 aromatic heterocycles. The number of aromatic nitrogens is 3. The SMILES string of the molecule is Cc1ccc(-c2ncc[nH]2)cc1NC(=O)c1ccc(OCc2ncccc2C#N)cc1. The summed E-state index contributed by atoms with van der Waals surface area (Å²) in [7, 11) is 0. The van der Waals surface area contributed by atoms with Crippen LogP contribution in [-0.4, -0.2) is 20.9 Å². The van der Waals surface area contributed by atoms with E-state index in [1.807, 2.05) is 25.1 Å². The molecule has 4 aromatic rings. The number of nitriles is 1. The number of aryl methyl sites for hydroxylation is 1. The van der Waals surface area contributed by atoms with Gasteiger partial charge in [-0.3, -0.25) is 9.78 Å². The summed E-state index contributed by atoms with van der Waals surface area (Å²) in [5, 5.41) is 12.1. The number of amides is 1. The van der Waals surface area contributed by atoms with Crippen LogP contribution in [-0.2, 0) is 6.61 Å². The second-order valence-corrected chi connectivity index (χ2v) is 6.84. The van der Waals surface area contributed by atoms with Crippen molar-refractivity contribution in [3.63, 3.8) is 0 Å². The van der Waals surface area contributed by atoms with Gasteiger partial charge in [-0.1, -0.05) is 12.1 Å². The second-order valence-electron chi connectivity index (χ2n) is 6.84. The molecule has 2 aromatic carbocycles. The van der Waals surface area contributed by atoms with Crippen LogP contribution in [0.4, 0.5) is 5.69 Å². The van der Waals surface area contributed by atoms with Crippen LogP contribution in [0.5, 0.6) is 5.75 Å². The summed E-state index contributed by atoms with van der Waals surface area (Å²) < 4.78 is 5.71. The van der Waals surface area contributed by atoms with E-state index in [1.54, 1.807) is 55.0 Å². The molecule has 31 heavy (non-hydrogen) atoms. The van der Waals surface area contributed by atoms with E-state index in [0.717, 1.165) is 22.6 Å². The van der Waals surface area contributed by atoms with Crippen molar-refractivity contribution in [2.45, 2.75) is 13.5 Å². The third kappa shape index (κ3) is 4.60. The Kier molecular flexibility index (Phi) is 5.72. The van der Waals surface area contributed by atoms with Gasteiger partial charge in [0.05, 0.1) is 11.3 Å². The van der Waals surface area contributed by atoms with Gasteiger partial charge in [-0.05, 0) is 55.0 Å². The number of aromatic amines is 1. The van der Waals surface area contributed by atoms with Crippen LogP contribution in [0.3, 0.4) is 0 Å². The number of imidazole rings is 1. The first kappa shape index (κ1) is 19.9. The van der Waals surface area contributed by atoms with Gasteiger partial charge in [-0.25, -0.2) is 4.98 Å². The maximum Gasteiger partial charge on any atom is 0.255 e. The molecular weight excluding hydrogens is 390 g/mol. The quantitative estimate of drug-likeness (QED) is 0.489. The fourth-order valence-corrected chi connectivity index (χ4v) is 3.03. The highest BCUT2D eigenvalue weighted by atomic mass is 16.5. The lowest BCUT2D eigenvalue weighted by Crippen LogP contribution is -2.12. The molecule has 0 bridgehead atoms. The molecule has 4 rings (SSSR count). The van der Waals surface area contributed by atoms with Crippen molar-refractivity contribution in [1.29, 1.82) is 5.26 Å². The molecule has 0 aliphatic heterocycles. The Balaban J connectivity index is 1.43. The van der Waals surface area contributed by atoms with E-state index in [2.05, 4.69) is 26.3 Å². The van der Waals surface area contributed by atoms with E-state index >= 15 is 0 Å². The number of nitrogens with one attached hydrogen (secondary N) is 2. The molecule has 1 amide bonds. The Morgan fingerprint density at radius 2 is 1.97 bits per heavy atom. The lowest BCUT2D eigenvalue weighted by Gasteiger charge is -2.11. The molecule has 0 saturated heterocycles. The second kappa shape index (κ2) is 8.93. The van der Waals surface area contributed by atoms with Crippen molar-refractivity contribution in [2.75, 3.05) is 5.32 Å². The van der Waals surface area contributed by atoms with Gasteiger partial charge >= 0.3 is 0 Å². The van der Waals surface area contributed by atoms with Gasteiger partial charge in [0.15, 0.2) is 0 Å². The molecule has 0 radical (unpaired) electrons. The van der Waals surface area contributed by atoms with Crippen LogP contribution in [0.2, 0.25) is 0 Å². The van der Waals surface area contributed by atoms with Crippen LogP contribution in [0.25, 0.3) is 11.4 Å². The molecule has 7 heteroatoms. The molecule has 0 aliphatic carbocycles. The van der Waals surface area contributed by atoms with Crippen LogP contribution in [0.1, 0.15) is 27.2 Å². The molecule has 2 heterocycles. The van der Waals surface area contributed by atoms with Gasteiger partial charge in [0.25, 0.3) is 5.91 Å². The van der Waals surface area contributed by atoms with Crippen LogP contribution in [0.15, 0.2) is 73.2 Å². The van der Waals surface area contributed by atoms with Crippen molar-refractivity contribution in [2.24, 2.45) is 0 Å². The molecule has 0 atom stereocenters. The van der Waals surface area contributed by atoms with Gasteiger partial charge < -0.3 is 15.0 Å². The molecule has 0 unspecified atom stereocenters. The number of carbonyl (C=O) groups excluding carboxylic acids is 1. The molecule has 0 fully saturated rings. The predicted octanol–water partition coefficient (Wildman–Crippen LogP) is 4.48. The number of benzene rings is 2. The van der Waals surface area contributed by atoms with Crippen molar-refractivity contribution >= 4 is 11.6 Å². The summed E-state index contributed by atoms with van der Waals surface area (Å²) in [6.45, 7) is 2.11. The Bertz CT molecular complexity index is 1240. The molecule has 2 N–H and O–H groups in total. The van der Waals surface area contributed by atoms with Crippen LogP contribution in [0, 0.1) is 18.3 Å². The number of anilines is 1. The summed E-state index contributed by atoms with van der Waals surface area (Å²) in [5.74, 6) is 1.11. The minimum Gasteiger partial charge on any atom is -0.487 e. The number of ether oxygens (including phenoxy) is 1. The predicted molar refractivity (Wildman–Crippen MR) is 116 cm³/mol. The average Bonchev–Trinajstić information content (AvgIpc) is 3.34. The average molecular weight is 409 g/mol. The molecule has 152 valence electrons. The maximum atomic E-state index is 12.7. The third-order valence-electron chi connectivity index (χ3n) is 4.76. The minimum atomic E-state index is -0.220. The fourth-order valence-electron chi connectivity index (χ4n) is 3.03. The number of H-pyrrole nitrogens is 1. The van der Waals surface area contributed by atoms with Crippen LogP contribution >= 0.6 is 0 Å². The van der Waals surface area contributed by atoms with Crippen molar-refractivity contribution in [3.05, 3.63) is 95.6 Å². The highest BCUT2D eigenvalue weighted by molar-refractivity contribution is 6.05. The summed E-state index contributed by atoms with van der Waals surface area (Å²) in [4.78, 5) is 24.2. The summed E-state index contributed by atoms with van der Waals surface area (Å²) in [6.07, 6.45) is 5.06. The zero-order valence-electron chi connectivity index (χ0n) is 16.8. The Morgan fingerprint density at radius 1 is 1.13 bits per heavy atom. The smallest absolute Gasteiger partial charge is 0.255 e. The first-order valence-corrected chi connectivity index (χ1v) is 9.62. The van der Waals surface area contributed by atoms with Gasteiger partial charge in [-0.2, -0.15) is 5.26 Å². The summed E-state index contributed by atoms with van der Waals surface area (Å²) >= 11 is 0. The van der Waals surface area contributed by atoms with E-state index in [9.17, 15) is 4.79 Å². The molecule has 0 spiro atoms. The zero-order valence-corrected chi connectivity index (χ0v) is 16.8. The number of hydrogen-bond acceptors (Lipinski definition) is 5. The number of rotatable bonds is 6. The minimum absolute atomic E-state index is 0.175. The molecule has 0 aliphatic rings. The van der Waals surface area contributed by atoms with Crippen molar-refractivity contribution < 1.29 is 9.53 Å². The first-order chi connectivity index (χ1) is 15.1. The van der Waals surface area contributed by atoms with Gasteiger partial charge in [-0.15, -0.1) is 0 Å². The molecule has 0 saturated carbocycles. The third-order valence-corrected chi connectivity index (χ3v) is 4.76. The van der Waals surface area contributed by atoms with E-state index in [4.69, 9.17) is 10.00 Å². The number of nitrogens with zero attached hydrogens (tertiary/aromatic N) is 3. The van der Waals surface area contributed by atoms with Gasteiger partial charge in [0.1, 0.15) is 24.3 Å². The number of hydrogen-bond donors (Lipinski definition) is 2. The lowest BCUT2D eigenvalue weighted by atomic mass is 10.1. The van der Waals surface area contributed by atoms with E-state index in [-0.39, 0.29) is 12.5 Å². The van der Waals surface area contributed by atoms with E-state index in [1.165, 1.54) is 0 Å². The molecule has 7 nitrogen and oxygen atoms in total. The number of pyridine rings is 1. The summed E-state index contributed by atoms with van der Waals surface area (Å²) in [5.41, 5.74) is 4.11. The lowest BCUT2D eigenvalue weighted by molar-refractivity contribution is 0.102. The topological polar surface area (TPSA) is 104 Å². The van der Waals surface area contributed by atoms with Gasteiger partial charge in [0.2, 0.25) is 0 Å². The molecular formula is C24H19N5O2. The highest BCUT2D eigenvalue weighted by Crippen LogP contribution is 2.24. The van der Waals surface area contributed by atoms with Gasteiger partial charge in [0, 0.05) is 35.4 Å². The Hall–Kier alpha value is -4.44. The maximum absolute atomic E-state index is 12.7. The summed E-state index contributed by atoms with van der Waals surface area (Å²) in [6, 6.07) is 18.1. The standard InChI is InChI=1S/C24H19N5O2/c1-16-4-5-18(23-27-11-12-28-23)13-21(16)29-24(30)17-6-8-20(9-7-17)31-15-22-19(14-25)3-2-10-26-22/h2-13H,15H2,1H3,(H,27,28)(H,29,30). The monoisotopic (exact) mass is 409 g/mol. The largest absolute Gasteiger partial charge is 0.487 e. The van der Waals surface area contributed by atoms with Crippen molar-refractivity contribution in [3.8, 4) is 23.2 Å². The fraction of sp³-hybridized carbons (Fsp3) is 0.0833. The van der Waals surface area contributed by atoms with Crippen molar-refractivity contribution in [1.82, 2.24) is 15.0 Å². The normalized spacial score (nSPS) is 10.3. The van der Waals surface area contributed by atoms with Crippen LogP contribution < -0.4 is 10.1 Å². The first-order valence-electron chi connectivity index (χ1n) is 9.62. The zero-order chi connectivity index (χ0) is 21.6. The highest BCUT2D eigenvalue weighted by Gasteiger charge is 2.11. The Labute approximate surface area is 179 Å². The van der Waals surface area contributed by atoms with E-state index in [0.29, 0.717) is 22.6 Å². The number of carbonyl (C=O) groups is 1. The van der Waals surface area contributed by atoms with E-state index < -0.39 is 0 Å². The Morgan fingerprint density at radius 3 is 2.71 bits per heavy atom.